The highest BCUT2D eigenvalue weighted by Gasteiger charge is 2.48. The van der Waals surface area contributed by atoms with Crippen LogP contribution < -0.4 is 5.32 Å². The van der Waals surface area contributed by atoms with Crippen molar-refractivity contribution >= 4 is 24.2 Å². The summed E-state index contributed by atoms with van der Waals surface area (Å²) in [6.45, 7) is 0.939. The Bertz CT molecular complexity index is 702. The molecule has 2 aliphatic rings. The zero-order valence-corrected chi connectivity index (χ0v) is 14.9. The summed E-state index contributed by atoms with van der Waals surface area (Å²) in [6.07, 6.45) is 4.49. The highest BCUT2D eigenvalue weighted by atomic mass is 16.3. The van der Waals surface area contributed by atoms with Gasteiger partial charge in [0.05, 0.1) is 12.6 Å². The van der Waals surface area contributed by atoms with E-state index in [0.29, 0.717) is 13.1 Å². The first kappa shape index (κ1) is 18.0. The van der Waals surface area contributed by atoms with Gasteiger partial charge in [-0.05, 0) is 18.6 Å². The van der Waals surface area contributed by atoms with Crippen LogP contribution in [-0.4, -0.2) is 78.3 Å². The number of amides is 4. The number of aliphatic imine (C=N–C) groups is 1. The average molecular weight is 361 g/mol. The van der Waals surface area contributed by atoms with Gasteiger partial charge in [-0.15, -0.1) is 0 Å². The molecule has 9 nitrogen and oxygen atoms in total. The maximum Gasteiger partial charge on any atom is 0.328 e. The summed E-state index contributed by atoms with van der Waals surface area (Å²) >= 11 is 0. The fraction of sp³-hybridized carbons (Fsp3) is 0.529. The predicted molar refractivity (Wildman–Crippen MR) is 93.4 cm³/mol. The Morgan fingerprint density at radius 1 is 1.35 bits per heavy atom. The number of carbonyl (C=O) groups is 3. The molecule has 1 saturated heterocycles. The molecule has 1 aromatic heterocycles. The lowest BCUT2D eigenvalue weighted by atomic mass is 10.1. The van der Waals surface area contributed by atoms with E-state index in [0.717, 1.165) is 23.5 Å². The number of fused-ring (bicyclic) bond motifs is 1. The van der Waals surface area contributed by atoms with Crippen molar-refractivity contribution in [3.8, 4) is 0 Å². The molecule has 2 unspecified atom stereocenters. The fourth-order valence-electron chi connectivity index (χ4n) is 3.16. The number of urea groups is 1. The number of aryl methyl sites for hydroxylation is 1. The average Bonchev–Trinajstić information content (AvgIpc) is 3.29. The van der Waals surface area contributed by atoms with Crippen LogP contribution in [0.5, 0.6) is 0 Å². The fourth-order valence-corrected chi connectivity index (χ4v) is 3.16. The third-order valence-electron chi connectivity index (χ3n) is 4.68. The van der Waals surface area contributed by atoms with Gasteiger partial charge in [-0.1, -0.05) is 0 Å². The van der Waals surface area contributed by atoms with Crippen LogP contribution in [0.3, 0.4) is 0 Å². The molecule has 2 aliphatic heterocycles. The molecule has 3 heterocycles. The van der Waals surface area contributed by atoms with Crippen LogP contribution in [0.4, 0.5) is 4.79 Å². The number of hydrogen-bond acceptors (Lipinski definition) is 6. The number of hydrogen-bond donors (Lipinski definition) is 1. The Morgan fingerprint density at radius 2 is 2.15 bits per heavy atom. The normalized spacial score (nSPS) is 22.2. The van der Waals surface area contributed by atoms with Crippen molar-refractivity contribution < 1.29 is 18.8 Å². The van der Waals surface area contributed by atoms with Gasteiger partial charge in [0.1, 0.15) is 5.76 Å². The van der Waals surface area contributed by atoms with E-state index in [4.69, 9.17) is 4.42 Å². The summed E-state index contributed by atoms with van der Waals surface area (Å²) < 4.78 is 5.24. The molecule has 0 spiro atoms. The van der Waals surface area contributed by atoms with Crippen LogP contribution in [0, 0.1) is 0 Å². The van der Waals surface area contributed by atoms with Crippen molar-refractivity contribution in [3.05, 3.63) is 24.2 Å². The van der Waals surface area contributed by atoms with Crippen LogP contribution in [0.1, 0.15) is 18.6 Å². The molecule has 4 amide bonds. The molecule has 0 saturated carbocycles. The van der Waals surface area contributed by atoms with E-state index in [9.17, 15) is 14.4 Å². The third kappa shape index (κ3) is 3.56. The van der Waals surface area contributed by atoms with Gasteiger partial charge in [0, 0.05) is 40.0 Å². The smallest absolute Gasteiger partial charge is 0.328 e. The number of rotatable bonds is 7. The maximum absolute atomic E-state index is 12.4. The van der Waals surface area contributed by atoms with Crippen molar-refractivity contribution in [3.63, 3.8) is 0 Å². The Kier molecular flexibility index (Phi) is 5.24. The summed E-state index contributed by atoms with van der Waals surface area (Å²) in [7, 11) is 3.08. The molecule has 26 heavy (non-hydrogen) atoms. The first-order chi connectivity index (χ1) is 12.5. The Morgan fingerprint density at radius 3 is 2.88 bits per heavy atom. The minimum atomic E-state index is -0.561. The molecular weight excluding hydrogens is 338 g/mol. The van der Waals surface area contributed by atoms with Crippen molar-refractivity contribution in [1.29, 1.82) is 0 Å². The summed E-state index contributed by atoms with van der Waals surface area (Å²) in [5.41, 5.74) is 0. The second kappa shape index (κ2) is 7.59. The monoisotopic (exact) mass is 361 g/mol. The second-order valence-electron chi connectivity index (χ2n) is 6.43. The van der Waals surface area contributed by atoms with Crippen molar-refractivity contribution in [2.45, 2.75) is 31.5 Å². The molecule has 0 radical (unpaired) electrons. The van der Waals surface area contributed by atoms with E-state index in [1.54, 1.807) is 24.5 Å². The van der Waals surface area contributed by atoms with Gasteiger partial charge >= 0.3 is 6.03 Å². The topological polar surface area (TPSA) is 98.5 Å². The summed E-state index contributed by atoms with van der Waals surface area (Å²) in [6, 6.07) is 2.82. The van der Waals surface area contributed by atoms with Crippen LogP contribution in [0.2, 0.25) is 0 Å². The zero-order chi connectivity index (χ0) is 18.7. The van der Waals surface area contributed by atoms with Crippen LogP contribution in [0.15, 0.2) is 27.8 Å². The number of nitrogens with one attached hydrogen (secondary N) is 1. The van der Waals surface area contributed by atoms with Gasteiger partial charge < -0.3 is 19.5 Å². The quantitative estimate of drug-likeness (QED) is 0.704. The van der Waals surface area contributed by atoms with E-state index in [1.165, 1.54) is 11.9 Å². The molecule has 2 atom stereocenters. The SMILES string of the molecule is CN1C(=O)C2C(N=CN2CCC(=O)NCCCc2ccco2)N(C)C1=O. The van der Waals surface area contributed by atoms with E-state index in [1.807, 2.05) is 12.1 Å². The summed E-state index contributed by atoms with van der Waals surface area (Å²) in [5.74, 6) is 0.522. The van der Waals surface area contributed by atoms with Gasteiger partial charge in [0.2, 0.25) is 5.91 Å². The van der Waals surface area contributed by atoms with Gasteiger partial charge in [-0.2, -0.15) is 0 Å². The second-order valence-corrected chi connectivity index (χ2v) is 6.43. The van der Waals surface area contributed by atoms with Gasteiger partial charge in [-0.25, -0.2) is 9.79 Å². The van der Waals surface area contributed by atoms with Crippen LogP contribution in [-0.2, 0) is 16.0 Å². The first-order valence-electron chi connectivity index (χ1n) is 8.61. The lowest BCUT2D eigenvalue weighted by Gasteiger charge is -2.39. The van der Waals surface area contributed by atoms with Crippen LogP contribution in [0.25, 0.3) is 0 Å². The molecule has 3 rings (SSSR count). The lowest BCUT2D eigenvalue weighted by Crippen LogP contribution is -2.63. The summed E-state index contributed by atoms with van der Waals surface area (Å²) in [4.78, 5) is 44.9. The highest BCUT2D eigenvalue weighted by molar-refractivity contribution is 6.01. The Hall–Kier alpha value is -2.84. The molecule has 0 bridgehead atoms. The molecule has 0 aromatic carbocycles. The predicted octanol–water partition coefficient (Wildman–Crippen LogP) is 0.281. The number of likely N-dealkylation sites (N-methyl/N-ethyl adjacent to an activating group) is 2. The van der Waals surface area contributed by atoms with Crippen molar-refractivity contribution in [2.75, 3.05) is 27.2 Å². The third-order valence-corrected chi connectivity index (χ3v) is 4.68. The van der Waals surface area contributed by atoms with E-state index in [-0.39, 0.29) is 24.3 Å². The number of furan rings is 1. The number of carbonyl (C=O) groups excluding carboxylic acids is 3. The van der Waals surface area contributed by atoms with Gasteiger partial charge in [0.25, 0.3) is 5.91 Å². The Balaban J connectivity index is 1.43. The molecule has 1 fully saturated rings. The van der Waals surface area contributed by atoms with Crippen molar-refractivity contribution in [1.82, 2.24) is 20.0 Å². The molecule has 1 aromatic rings. The van der Waals surface area contributed by atoms with E-state index >= 15 is 0 Å². The standard InChI is InChI=1S/C17H23N5O4/c1-20-15-14(16(24)21(2)17(20)25)22(11-19-15)9-7-13(23)18-8-3-5-12-6-4-10-26-12/h4,6,10-11,14-15H,3,5,7-9H2,1-2H3,(H,18,23). The van der Waals surface area contributed by atoms with E-state index < -0.39 is 12.2 Å². The van der Waals surface area contributed by atoms with Crippen molar-refractivity contribution in [2.24, 2.45) is 4.99 Å². The molecule has 140 valence electrons. The van der Waals surface area contributed by atoms with E-state index in [2.05, 4.69) is 10.3 Å². The first-order valence-corrected chi connectivity index (χ1v) is 8.61. The lowest BCUT2D eigenvalue weighted by molar-refractivity contribution is -0.136. The van der Waals surface area contributed by atoms with Gasteiger partial charge in [-0.3, -0.25) is 14.5 Å². The highest BCUT2D eigenvalue weighted by Crippen LogP contribution is 2.24. The largest absolute Gasteiger partial charge is 0.469 e. The minimum Gasteiger partial charge on any atom is -0.469 e. The van der Waals surface area contributed by atoms with Crippen LogP contribution >= 0.6 is 0 Å². The summed E-state index contributed by atoms with van der Waals surface area (Å²) in [5, 5.41) is 2.87. The molecule has 1 N–H and O–H groups in total. The minimum absolute atomic E-state index is 0.0812. The molecule has 0 aliphatic carbocycles. The Labute approximate surface area is 151 Å². The molecular formula is C17H23N5O4. The number of imide groups is 1. The number of nitrogens with zero attached hydrogens (tertiary/aromatic N) is 4. The maximum atomic E-state index is 12.4. The zero-order valence-electron chi connectivity index (χ0n) is 14.9. The van der Waals surface area contributed by atoms with Gasteiger partial charge in [0.15, 0.2) is 12.2 Å². The molecule has 9 heteroatoms.